The Hall–Kier alpha value is -2.10. The number of carbonyl (C=O) groups excluding carboxylic acids is 1. The fraction of sp³-hybridized carbons (Fsp3) is 0.160. The normalized spacial score (nSPS) is 12.1. The number of fused-ring (bicyclic) bond motifs is 1. The SMILES string of the molecule is CC(C)(c1ccc(Cl)cc1)c1cc(Cl)cc(NC(=O)c2cc3cc(NS(C)(=O)=O)c(Br)cc3s2)c1. The molecule has 4 rings (SSSR count). The molecule has 0 fully saturated rings. The summed E-state index contributed by atoms with van der Waals surface area (Å²) in [4.78, 5) is 13.6. The number of rotatable bonds is 6. The van der Waals surface area contributed by atoms with Crippen LogP contribution in [0.4, 0.5) is 11.4 Å². The number of amides is 1. The van der Waals surface area contributed by atoms with Crippen molar-refractivity contribution in [1.82, 2.24) is 0 Å². The molecular weight excluding hydrogens is 591 g/mol. The fourth-order valence-corrected chi connectivity index (χ4v) is 6.33. The topological polar surface area (TPSA) is 75.3 Å². The van der Waals surface area contributed by atoms with Crippen LogP contribution in [-0.2, 0) is 15.4 Å². The summed E-state index contributed by atoms with van der Waals surface area (Å²) < 4.78 is 27.2. The summed E-state index contributed by atoms with van der Waals surface area (Å²) in [7, 11) is -3.44. The second kappa shape index (κ2) is 9.75. The first-order valence-electron chi connectivity index (χ1n) is 10.4. The Morgan fingerprint density at radius 3 is 2.29 bits per heavy atom. The van der Waals surface area contributed by atoms with Crippen LogP contribution < -0.4 is 10.0 Å². The Labute approximate surface area is 226 Å². The molecule has 0 aliphatic heterocycles. The summed E-state index contributed by atoms with van der Waals surface area (Å²) in [6.45, 7) is 4.17. The molecule has 35 heavy (non-hydrogen) atoms. The van der Waals surface area contributed by atoms with Gasteiger partial charge in [0.25, 0.3) is 5.91 Å². The number of carbonyl (C=O) groups is 1. The van der Waals surface area contributed by atoms with Crippen LogP contribution in [0.2, 0.25) is 10.0 Å². The molecule has 0 spiro atoms. The first kappa shape index (κ1) is 26.0. The molecule has 0 saturated carbocycles. The third-order valence-corrected chi connectivity index (χ3v) is 8.38. The van der Waals surface area contributed by atoms with E-state index in [-0.39, 0.29) is 11.3 Å². The van der Waals surface area contributed by atoms with Crippen molar-refractivity contribution >= 4 is 87.9 Å². The first-order chi connectivity index (χ1) is 16.3. The molecule has 4 aromatic rings. The van der Waals surface area contributed by atoms with E-state index >= 15 is 0 Å². The minimum atomic E-state index is -3.44. The molecule has 0 radical (unpaired) electrons. The van der Waals surface area contributed by atoms with Crippen LogP contribution in [-0.4, -0.2) is 20.6 Å². The van der Waals surface area contributed by atoms with E-state index in [9.17, 15) is 13.2 Å². The molecule has 182 valence electrons. The average molecular weight is 612 g/mol. The van der Waals surface area contributed by atoms with Gasteiger partial charge >= 0.3 is 0 Å². The number of benzene rings is 3. The minimum Gasteiger partial charge on any atom is -0.321 e. The van der Waals surface area contributed by atoms with E-state index in [1.54, 1.807) is 24.3 Å². The Bertz CT molecular complexity index is 1550. The number of hydrogen-bond acceptors (Lipinski definition) is 4. The van der Waals surface area contributed by atoms with Gasteiger partial charge in [-0.2, -0.15) is 0 Å². The van der Waals surface area contributed by atoms with Crippen LogP contribution in [0, 0.1) is 0 Å². The molecule has 10 heteroatoms. The second-order valence-corrected chi connectivity index (χ2v) is 13.2. The molecule has 1 amide bonds. The van der Waals surface area contributed by atoms with Crippen LogP contribution >= 0.6 is 50.5 Å². The predicted molar refractivity (Wildman–Crippen MR) is 151 cm³/mol. The highest BCUT2D eigenvalue weighted by Crippen LogP contribution is 2.37. The van der Waals surface area contributed by atoms with E-state index < -0.39 is 10.0 Å². The van der Waals surface area contributed by atoms with Gasteiger partial charge in [0, 0.05) is 30.3 Å². The lowest BCUT2D eigenvalue weighted by Crippen LogP contribution is -2.19. The molecule has 5 nitrogen and oxygen atoms in total. The highest BCUT2D eigenvalue weighted by molar-refractivity contribution is 9.10. The molecular formula is C25H21BrCl2N2O3S2. The molecule has 0 aliphatic carbocycles. The largest absolute Gasteiger partial charge is 0.321 e. The second-order valence-electron chi connectivity index (χ2n) is 8.67. The van der Waals surface area contributed by atoms with Gasteiger partial charge in [-0.1, -0.05) is 49.2 Å². The van der Waals surface area contributed by atoms with E-state index in [1.165, 1.54) is 11.3 Å². The maximum Gasteiger partial charge on any atom is 0.265 e. The van der Waals surface area contributed by atoms with Crippen molar-refractivity contribution in [2.24, 2.45) is 0 Å². The zero-order valence-electron chi connectivity index (χ0n) is 18.9. The van der Waals surface area contributed by atoms with Gasteiger partial charge in [-0.15, -0.1) is 11.3 Å². The van der Waals surface area contributed by atoms with Crippen LogP contribution in [0.5, 0.6) is 0 Å². The molecule has 0 saturated heterocycles. The Kier molecular flexibility index (Phi) is 7.23. The van der Waals surface area contributed by atoms with Gasteiger partial charge < -0.3 is 5.32 Å². The number of hydrogen-bond donors (Lipinski definition) is 2. The Morgan fingerprint density at radius 1 is 0.943 bits per heavy atom. The predicted octanol–water partition coefficient (Wildman–Crippen LogP) is 7.92. The van der Waals surface area contributed by atoms with E-state index in [1.807, 2.05) is 36.4 Å². The standard InChI is InChI=1S/C25H21BrCl2N2O3S2/c1-25(2,15-4-6-17(27)7-5-15)16-10-18(28)12-19(11-16)29-24(31)23-9-14-8-21(30-35(3,32)33)20(26)13-22(14)34-23/h4-13,30H,1-3H3,(H,29,31). The van der Waals surface area contributed by atoms with Crippen molar-refractivity contribution in [2.75, 3.05) is 16.3 Å². The summed E-state index contributed by atoms with van der Waals surface area (Å²) in [6.07, 6.45) is 1.09. The van der Waals surface area contributed by atoms with Gasteiger partial charge in [-0.25, -0.2) is 8.42 Å². The summed E-state index contributed by atoms with van der Waals surface area (Å²) >= 11 is 17.2. The number of nitrogens with one attached hydrogen (secondary N) is 2. The van der Waals surface area contributed by atoms with Crippen molar-refractivity contribution in [3.05, 3.63) is 91.2 Å². The molecule has 1 aromatic heterocycles. The number of halogens is 3. The van der Waals surface area contributed by atoms with Gasteiger partial charge in [-0.3, -0.25) is 9.52 Å². The summed E-state index contributed by atoms with van der Waals surface area (Å²) in [5.74, 6) is -0.280. The van der Waals surface area contributed by atoms with Crippen LogP contribution in [0.15, 0.2) is 65.1 Å². The summed E-state index contributed by atoms with van der Waals surface area (Å²) in [5, 5.41) is 4.87. The molecule has 0 unspecified atom stereocenters. The highest BCUT2D eigenvalue weighted by atomic mass is 79.9. The lowest BCUT2D eigenvalue weighted by atomic mass is 9.78. The maximum atomic E-state index is 13.1. The molecule has 0 aliphatic rings. The summed E-state index contributed by atoms with van der Waals surface area (Å²) in [5.41, 5.74) is 2.63. The van der Waals surface area contributed by atoms with Crippen molar-refractivity contribution in [2.45, 2.75) is 19.3 Å². The lowest BCUT2D eigenvalue weighted by molar-refractivity contribution is 0.103. The monoisotopic (exact) mass is 610 g/mol. The molecule has 3 aromatic carbocycles. The third kappa shape index (κ3) is 6.01. The first-order valence-corrected chi connectivity index (χ1v) is 14.7. The quantitative estimate of drug-likeness (QED) is 0.232. The number of thiophene rings is 1. The Morgan fingerprint density at radius 2 is 1.63 bits per heavy atom. The van der Waals surface area contributed by atoms with Crippen LogP contribution in [0.1, 0.15) is 34.6 Å². The van der Waals surface area contributed by atoms with E-state index in [2.05, 4.69) is 39.8 Å². The molecule has 0 bridgehead atoms. The van der Waals surface area contributed by atoms with Gasteiger partial charge in [0.15, 0.2) is 0 Å². The Balaban J connectivity index is 1.62. The maximum absolute atomic E-state index is 13.1. The van der Waals surface area contributed by atoms with E-state index in [0.29, 0.717) is 30.8 Å². The van der Waals surface area contributed by atoms with Gasteiger partial charge in [0.05, 0.1) is 16.8 Å². The number of anilines is 2. The summed E-state index contributed by atoms with van der Waals surface area (Å²) in [6, 6.07) is 18.4. The average Bonchev–Trinajstić information content (AvgIpc) is 3.15. The minimum absolute atomic E-state index is 0.280. The zero-order chi connectivity index (χ0) is 25.5. The fourth-order valence-electron chi connectivity index (χ4n) is 3.70. The van der Waals surface area contributed by atoms with Gasteiger partial charge in [0.1, 0.15) is 0 Å². The van der Waals surface area contributed by atoms with Gasteiger partial charge in [-0.05, 0) is 81.0 Å². The van der Waals surface area contributed by atoms with E-state index in [4.69, 9.17) is 23.2 Å². The van der Waals surface area contributed by atoms with Gasteiger partial charge in [0.2, 0.25) is 10.0 Å². The van der Waals surface area contributed by atoms with Crippen LogP contribution in [0.25, 0.3) is 10.1 Å². The zero-order valence-corrected chi connectivity index (χ0v) is 23.7. The van der Waals surface area contributed by atoms with Crippen LogP contribution in [0.3, 0.4) is 0 Å². The van der Waals surface area contributed by atoms with E-state index in [0.717, 1.165) is 27.5 Å². The van der Waals surface area contributed by atoms with Crippen molar-refractivity contribution in [3.63, 3.8) is 0 Å². The smallest absolute Gasteiger partial charge is 0.265 e. The molecule has 0 atom stereocenters. The molecule has 1 heterocycles. The number of sulfonamides is 1. The molecule has 2 N–H and O–H groups in total. The lowest BCUT2D eigenvalue weighted by Gasteiger charge is -2.27. The van der Waals surface area contributed by atoms with Crippen molar-refractivity contribution in [1.29, 1.82) is 0 Å². The highest BCUT2D eigenvalue weighted by Gasteiger charge is 2.24. The van der Waals surface area contributed by atoms with Crippen molar-refractivity contribution in [3.8, 4) is 0 Å². The third-order valence-electron chi connectivity index (χ3n) is 5.57. The van der Waals surface area contributed by atoms with Crippen molar-refractivity contribution < 1.29 is 13.2 Å².